The van der Waals surface area contributed by atoms with Crippen LogP contribution < -0.4 is 0 Å². The first-order valence-electron chi connectivity index (χ1n) is 12.9. The Hall–Kier alpha value is -2.55. The van der Waals surface area contributed by atoms with Crippen molar-refractivity contribution in [2.24, 2.45) is 0 Å². The molecule has 33 heavy (non-hydrogen) atoms. The van der Waals surface area contributed by atoms with E-state index in [0.717, 1.165) is 63.4 Å². The molecule has 0 aliphatic heterocycles. The fourth-order valence-corrected chi connectivity index (χ4v) is 6.27. The smallest absolute Gasteiger partial charge is 0.408 e. The Kier molecular flexibility index (Phi) is 7.26. The van der Waals surface area contributed by atoms with E-state index >= 15 is 0 Å². The molecule has 0 radical (unpaired) electrons. The number of hydrogen-bond acceptors (Lipinski definition) is 1. The highest BCUT2D eigenvalue weighted by Crippen LogP contribution is 2.54. The van der Waals surface area contributed by atoms with Crippen LogP contribution in [-0.4, -0.2) is 22.1 Å². The lowest BCUT2D eigenvalue weighted by Gasteiger charge is -2.54. The van der Waals surface area contributed by atoms with E-state index in [-0.39, 0.29) is 12.0 Å². The number of amides is 1. The normalized spacial score (nSPS) is 23.9. The summed E-state index contributed by atoms with van der Waals surface area (Å²) in [6, 6.07) is 17.8. The Morgan fingerprint density at radius 1 is 0.970 bits per heavy atom. The van der Waals surface area contributed by atoms with Crippen LogP contribution in [0.3, 0.4) is 0 Å². The van der Waals surface area contributed by atoms with E-state index in [1.54, 1.807) is 0 Å². The highest BCUT2D eigenvalue weighted by atomic mass is 16.4. The molecule has 176 valence electrons. The second-order valence-corrected chi connectivity index (χ2v) is 10.0. The third kappa shape index (κ3) is 4.60. The highest BCUT2D eigenvalue weighted by Gasteiger charge is 2.52. The molecule has 3 heteroatoms. The van der Waals surface area contributed by atoms with Gasteiger partial charge in [0.2, 0.25) is 0 Å². The summed E-state index contributed by atoms with van der Waals surface area (Å²) in [6.45, 7) is 8.70. The minimum Gasteiger partial charge on any atom is -0.465 e. The number of nitrogens with zero attached hydrogens (tertiary/aromatic N) is 1. The van der Waals surface area contributed by atoms with Crippen LogP contribution in [0, 0.1) is 0 Å². The predicted octanol–water partition coefficient (Wildman–Crippen LogP) is 7.84. The maximum atomic E-state index is 13.1. The van der Waals surface area contributed by atoms with Crippen LogP contribution in [0.4, 0.5) is 4.79 Å². The molecule has 2 aliphatic rings. The van der Waals surface area contributed by atoms with Crippen LogP contribution in [0.5, 0.6) is 0 Å². The van der Waals surface area contributed by atoms with Crippen molar-refractivity contribution in [2.75, 3.05) is 0 Å². The number of rotatable bonds is 6. The van der Waals surface area contributed by atoms with E-state index in [1.807, 2.05) is 4.90 Å². The lowest BCUT2D eigenvalue weighted by atomic mass is 9.63. The van der Waals surface area contributed by atoms with Crippen molar-refractivity contribution < 1.29 is 9.90 Å². The zero-order valence-corrected chi connectivity index (χ0v) is 20.4. The van der Waals surface area contributed by atoms with Gasteiger partial charge in [-0.1, -0.05) is 93.8 Å². The van der Waals surface area contributed by atoms with Crippen LogP contribution in [-0.2, 0) is 18.4 Å². The van der Waals surface area contributed by atoms with Gasteiger partial charge in [-0.05, 0) is 67.2 Å². The molecule has 0 spiro atoms. The highest BCUT2D eigenvalue weighted by molar-refractivity contribution is 5.68. The van der Waals surface area contributed by atoms with Gasteiger partial charge in [-0.2, -0.15) is 0 Å². The molecule has 0 saturated heterocycles. The lowest BCUT2D eigenvalue weighted by molar-refractivity contribution is -0.000175. The average Bonchev–Trinajstić information content (AvgIpc) is 2.85. The molecule has 3 nitrogen and oxygen atoms in total. The second-order valence-electron chi connectivity index (χ2n) is 10.0. The molecule has 0 bridgehead atoms. The lowest BCUT2D eigenvalue weighted by Crippen LogP contribution is -2.58. The van der Waals surface area contributed by atoms with Gasteiger partial charge in [0.25, 0.3) is 0 Å². The summed E-state index contributed by atoms with van der Waals surface area (Å²) >= 11 is 0. The van der Waals surface area contributed by atoms with Gasteiger partial charge in [0.15, 0.2) is 0 Å². The summed E-state index contributed by atoms with van der Waals surface area (Å²) < 4.78 is 0. The average molecular weight is 446 g/mol. The Balaban J connectivity index is 1.91. The van der Waals surface area contributed by atoms with E-state index in [0.29, 0.717) is 0 Å². The van der Waals surface area contributed by atoms with Crippen LogP contribution >= 0.6 is 0 Å². The third-order valence-electron chi connectivity index (χ3n) is 8.16. The summed E-state index contributed by atoms with van der Waals surface area (Å²) in [7, 11) is 0. The number of hydrogen-bond donors (Lipinski definition) is 1. The molecule has 2 atom stereocenters. The van der Waals surface area contributed by atoms with Gasteiger partial charge in [0.05, 0.1) is 5.54 Å². The van der Waals surface area contributed by atoms with E-state index in [1.165, 1.54) is 28.7 Å². The molecule has 2 aromatic carbocycles. The zero-order chi connectivity index (χ0) is 23.4. The first-order chi connectivity index (χ1) is 16.0. The molecule has 2 aromatic rings. The molecular weight excluding hydrogens is 406 g/mol. The van der Waals surface area contributed by atoms with Crippen molar-refractivity contribution >= 4 is 6.09 Å². The van der Waals surface area contributed by atoms with Gasteiger partial charge in [-0.25, -0.2) is 4.79 Å². The van der Waals surface area contributed by atoms with Crippen molar-refractivity contribution in [3.8, 4) is 0 Å². The van der Waals surface area contributed by atoms with Crippen LogP contribution in [0.25, 0.3) is 0 Å². The van der Waals surface area contributed by atoms with Gasteiger partial charge in [0.1, 0.15) is 0 Å². The maximum absolute atomic E-state index is 13.1. The predicted molar refractivity (Wildman–Crippen MR) is 136 cm³/mol. The fraction of sp³-hybridized carbons (Fsp3) is 0.500. The summed E-state index contributed by atoms with van der Waals surface area (Å²) in [5.74, 6) is 0.0650. The largest absolute Gasteiger partial charge is 0.465 e. The van der Waals surface area contributed by atoms with Crippen molar-refractivity contribution in [2.45, 2.75) is 95.6 Å². The second kappa shape index (κ2) is 10.2. The third-order valence-corrected chi connectivity index (χ3v) is 8.16. The topological polar surface area (TPSA) is 40.5 Å². The molecule has 2 aliphatic carbocycles. The molecule has 2 saturated carbocycles. The minimum atomic E-state index is -0.774. The Labute approximate surface area is 199 Å². The van der Waals surface area contributed by atoms with Gasteiger partial charge >= 0.3 is 6.09 Å². The zero-order valence-electron chi connectivity index (χ0n) is 20.4. The molecule has 1 N–H and O–H groups in total. The molecule has 2 unspecified atom stereocenters. The Morgan fingerprint density at radius 3 is 2.09 bits per heavy atom. The van der Waals surface area contributed by atoms with E-state index in [2.05, 4.69) is 69.0 Å². The summed E-state index contributed by atoms with van der Waals surface area (Å²) in [5, 5.41) is 10.7. The van der Waals surface area contributed by atoms with E-state index < -0.39 is 11.6 Å². The first-order valence-corrected chi connectivity index (χ1v) is 12.9. The van der Waals surface area contributed by atoms with Crippen molar-refractivity contribution in [1.29, 1.82) is 0 Å². The molecule has 0 aromatic heterocycles. The van der Waals surface area contributed by atoms with Gasteiger partial charge in [-0.15, -0.1) is 0 Å². The Bertz CT molecular complexity index is 956. The number of aryl methyl sites for hydroxylation is 2. The van der Waals surface area contributed by atoms with Gasteiger partial charge < -0.3 is 5.11 Å². The summed E-state index contributed by atoms with van der Waals surface area (Å²) in [5.41, 5.74) is 5.63. The molecule has 2 fully saturated rings. The molecule has 4 rings (SSSR count). The van der Waals surface area contributed by atoms with Crippen LogP contribution in [0.1, 0.15) is 93.4 Å². The summed E-state index contributed by atoms with van der Waals surface area (Å²) in [4.78, 5) is 15.0. The SMILES string of the molecule is C=C1CCC(c2ccc(CC)cc2)(N(C(=O)O)C2CCCCC2)C(c2ccc(CC)cc2)C1. The van der Waals surface area contributed by atoms with E-state index in [4.69, 9.17) is 0 Å². The molecular formula is C30H39NO2. The van der Waals surface area contributed by atoms with Gasteiger partial charge in [-0.3, -0.25) is 4.90 Å². The summed E-state index contributed by atoms with van der Waals surface area (Å²) in [6.07, 6.45) is 9.07. The number of carbonyl (C=O) groups is 1. The monoisotopic (exact) mass is 445 g/mol. The van der Waals surface area contributed by atoms with E-state index in [9.17, 15) is 9.90 Å². The number of benzene rings is 2. The van der Waals surface area contributed by atoms with Crippen molar-refractivity contribution in [3.63, 3.8) is 0 Å². The van der Waals surface area contributed by atoms with Crippen molar-refractivity contribution in [1.82, 2.24) is 4.90 Å². The van der Waals surface area contributed by atoms with Crippen LogP contribution in [0.2, 0.25) is 0 Å². The molecule has 1 amide bonds. The first kappa shape index (κ1) is 23.6. The Morgan fingerprint density at radius 2 is 1.55 bits per heavy atom. The minimum absolute atomic E-state index is 0.0650. The van der Waals surface area contributed by atoms with Crippen molar-refractivity contribution in [3.05, 3.63) is 82.9 Å². The van der Waals surface area contributed by atoms with Crippen LogP contribution in [0.15, 0.2) is 60.7 Å². The molecule has 0 heterocycles. The fourth-order valence-electron chi connectivity index (χ4n) is 6.27. The number of allylic oxidation sites excluding steroid dienone is 1. The standard InChI is InChI=1S/C30H39NO2/c1-4-23-11-15-25(16-12-23)28-21-22(3)19-20-30(28,26-17-13-24(5-2)14-18-26)31(29(32)33)27-9-7-6-8-10-27/h11-18,27-28H,3-10,19-21H2,1-2H3,(H,32,33). The number of carboxylic acid groups (broad SMARTS) is 1. The quantitative estimate of drug-likeness (QED) is 0.460. The van der Waals surface area contributed by atoms with Gasteiger partial charge in [0, 0.05) is 12.0 Å². The maximum Gasteiger partial charge on any atom is 0.408 e.